The average molecular weight is 349 g/mol. The van der Waals surface area contributed by atoms with E-state index in [1.54, 1.807) is 0 Å². The number of benzene rings is 2. The van der Waals surface area contributed by atoms with Gasteiger partial charge in [0.25, 0.3) is 0 Å². The van der Waals surface area contributed by atoms with Crippen LogP contribution in [0.4, 0.5) is 5.69 Å². The van der Waals surface area contributed by atoms with Gasteiger partial charge in [0.1, 0.15) is 0 Å². The van der Waals surface area contributed by atoms with Crippen LogP contribution in [0.2, 0.25) is 0 Å². The largest absolute Gasteiger partial charge is 0.374 e. The predicted octanol–water partition coefficient (Wildman–Crippen LogP) is 7.22. The zero-order valence-electron chi connectivity index (χ0n) is 16.7. The lowest BCUT2D eigenvalue weighted by Gasteiger charge is -2.21. The molecular weight excluding hydrogens is 316 g/mol. The molecule has 3 rings (SSSR count). The molecule has 0 fully saturated rings. The van der Waals surface area contributed by atoms with E-state index in [0.29, 0.717) is 0 Å². The SMILES string of the molecule is C=Cc1c(C(Nc2ccccc2)c2ccccc2)c[nH]c1C.CC.CC. The number of H-pyrrole nitrogens is 1. The third-order valence-electron chi connectivity index (χ3n) is 3.89. The number of para-hydroxylation sites is 1. The number of aromatic nitrogens is 1. The van der Waals surface area contributed by atoms with Crippen molar-refractivity contribution in [3.05, 3.63) is 95.8 Å². The summed E-state index contributed by atoms with van der Waals surface area (Å²) in [5.74, 6) is 0. The Morgan fingerprint density at radius 1 is 0.885 bits per heavy atom. The maximum atomic E-state index is 3.96. The summed E-state index contributed by atoms with van der Waals surface area (Å²) < 4.78 is 0. The number of rotatable bonds is 5. The van der Waals surface area contributed by atoms with E-state index in [0.717, 1.165) is 16.9 Å². The molecule has 0 aliphatic rings. The first-order chi connectivity index (χ1) is 12.8. The van der Waals surface area contributed by atoms with Crippen LogP contribution in [0.25, 0.3) is 6.08 Å². The highest BCUT2D eigenvalue weighted by molar-refractivity contribution is 5.60. The minimum absolute atomic E-state index is 0.0848. The van der Waals surface area contributed by atoms with Crippen molar-refractivity contribution in [2.75, 3.05) is 5.32 Å². The van der Waals surface area contributed by atoms with Gasteiger partial charge in [0.05, 0.1) is 6.04 Å². The Bertz CT molecular complexity index is 742. The molecule has 0 amide bonds. The molecule has 0 radical (unpaired) electrons. The molecule has 1 atom stereocenters. The van der Waals surface area contributed by atoms with Crippen molar-refractivity contribution >= 4 is 11.8 Å². The van der Waals surface area contributed by atoms with Crippen molar-refractivity contribution in [2.24, 2.45) is 0 Å². The Hall–Kier alpha value is -2.74. The van der Waals surface area contributed by atoms with Gasteiger partial charge in [-0.25, -0.2) is 0 Å². The second-order valence-electron chi connectivity index (χ2n) is 5.34. The molecule has 1 aromatic heterocycles. The van der Waals surface area contributed by atoms with Crippen LogP contribution in [0.5, 0.6) is 0 Å². The van der Waals surface area contributed by atoms with Crippen LogP contribution < -0.4 is 5.32 Å². The van der Waals surface area contributed by atoms with E-state index in [9.17, 15) is 0 Å². The van der Waals surface area contributed by atoms with Gasteiger partial charge in [0, 0.05) is 23.1 Å². The molecule has 3 aromatic rings. The first-order valence-electron chi connectivity index (χ1n) is 9.46. The molecule has 0 aliphatic carbocycles. The van der Waals surface area contributed by atoms with Crippen molar-refractivity contribution < 1.29 is 0 Å². The molecule has 0 spiro atoms. The maximum absolute atomic E-state index is 3.96. The first kappa shape index (κ1) is 21.3. The van der Waals surface area contributed by atoms with Gasteiger partial charge in [-0.15, -0.1) is 0 Å². The van der Waals surface area contributed by atoms with Gasteiger partial charge in [-0.1, -0.05) is 88.9 Å². The summed E-state index contributed by atoms with van der Waals surface area (Å²) in [4.78, 5) is 3.31. The highest BCUT2D eigenvalue weighted by Crippen LogP contribution is 2.30. The summed E-state index contributed by atoms with van der Waals surface area (Å²) in [6.45, 7) is 14.0. The Kier molecular flexibility index (Phi) is 9.63. The molecule has 0 aliphatic heterocycles. The van der Waals surface area contributed by atoms with E-state index < -0.39 is 0 Å². The van der Waals surface area contributed by atoms with Crippen molar-refractivity contribution in [1.82, 2.24) is 4.98 Å². The van der Waals surface area contributed by atoms with Crippen LogP contribution in [-0.2, 0) is 0 Å². The summed E-state index contributed by atoms with van der Waals surface area (Å²) in [5, 5.41) is 3.63. The predicted molar refractivity (Wildman–Crippen MR) is 117 cm³/mol. The summed E-state index contributed by atoms with van der Waals surface area (Å²) >= 11 is 0. The molecule has 2 nitrogen and oxygen atoms in total. The summed E-state index contributed by atoms with van der Waals surface area (Å²) in [6.07, 6.45) is 3.99. The average Bonchev–Trinajstić information content (AvgIpc) is 3.11. The number of hydrogen-bond acceptors (Lipinski definition) is 1. The highest BCUT2D eigenvalue weighted by Gasteiger charge is 2.18. The van der Waals surface area contributed by atoms with Gasteiger partial charge in [0.2, 0.25) is 0 Å². The number of aromatic amines is 1. The van der Waals surface area contributed by atoms with E-state index in [1.807, 2.05) is 58.0 Å². The third kappa shape index (κ3) is 5.38. The summed E-state index contributed by atoms with van der Waals surface area (Å²) in [7, 11) is 0. The standard InChI is InChI=1S/C20H20N2.2C2H6/c1-3-18-15(2)21-14-19(18)20(16-10-6-4-7-11-16)22-17-12-8-5-9-13-17;2*1-2/h3-14,20-22H,1H2,2H3;2*1-2H3. The highest BCUT2D eigenvalue weighted by atomic mass is 14.9. The molecule has 2 N–H and O–H groups in total. The Morgan fingerprint density at radius 2 is 1.42 bits per heavy atom. The lowest BCUT2D eigenvalue weighted by atomic mass is 9.96. The molecule has 0 bridgehead atoms. The van der Waals surface area contributed by atoms with Crippen molar-refractivity contribution in [3.63, 3.8) is 0 Å². The fraction of sp³-hybridized carbons (Fsp3) is 0.250. The molecule has 1 heterocycles. The van der Waals surface area contributed by atoms with E-state index in [1.165, 1.54) is 11.1 Å². The second kappa shape index (κ2) is 11.8. The lowest BCUT2D eigenvalue weighted by molar-refractivity contribution is 0.939. The van der Waals surface area contributed by atoms with Gasteiger partial charge in [0.15, 0.2) is 0 Å². The zero-order valence-corrected chi connectivity index (χ0v) is 16.7. The van der Waals surface area contributed by atoms with Crippen LogP contribution in [0.1, 0.15) is 56.1 Å². The Morgan fingerprint density at radius 3 is 1.96 bits per heavy atom. The van der Waals surface area contributed by atoms with E-state index in [4.69, 9.17) is 0 Å². The maximum Gasteiger partial charge on any atom is 0.0788 e. The van der Waals surface area contributed by atoms with Gasteiger partial charge >= 0.3 is 0 Å². The minimum atomic E-state index is 0.0848. The zero-order chi connectivity index (χ0) is 19.4. The summed E-state index contributed by atoms with van der Waals surface area (Å²) in [6, 6.07) is 20.9. The molecule has 2 aromatic carbocycles. The van der Waals surface area contributed by atoms with Crippen molar-refractivity contribution in [1.29, 1.82) is 0 Å². The van der Waals surface area contributed by atoms with Crippen molar-refractivity contribution in [2.45, 2.75) is 40.7 Å². The van der Waals surface area contributed by atoms with E-state index in [2.05, 4.69) is 66.4 Å². The molecule has 1 unspecified atom stereocenters. The van der Waals surface area contributed by atoms with Crippen LogP contribution in [-0.4, -0.2) is 4.98 Å². The van der Waals surface area contributed by atoms with Gasteiger partial charge in [-0.05, 0) is 30.2 Å². The smallest absolute Gasteiger partial charge is 0.0788 e. The van der Waals surface area contributed by atoms with E-state index >= 15 is 0 Å². The Labute approximate surface area is 159 Å². The van der Waals surface area contributed by atoms with Crippen LogP contribution >= 0.6 is 0 Å². The number of hydrogen-bond donors (Lipinski definition) is 2. The normalized spacial score (nSPS) is 10.5. The molecular formula is C24H32N2. The van der Waals surface area contributed by atoms with Gasteiger partial charge in [-0.3, -0.25) is 0 Å². The number of aryl methyl sites for hydroxylation is 1. The van der Waals surface area contributed by atoms with Gasteiger partial charge in [-0.2, -0.15) is 0 Å². The molecule has 138 valence electrons. The summed E-state index contributed by atoms with van der Waals surface area (Å²) in [5.41, 5.74) is 5.85. The fourth-order valence-corrected chi connectivity index (χ4v) is 2.75. The molecule has 2 heteroatoms. The topological polar surface area (TPSA) is 27.8 Å². The van der Waals surface area contributed by atoms with Crippen LogP contribution in [0, 0.1) is 6.92 Å². The minimum Gasteiger partial charge on any atom is -0.374 e. The van der Waals surface area contributed by atoms with E-state index in [-0.39, 0.29) is 6.04 Å². The van der Waals surface area contributed by atoms with Crippen LogP contribution in [0.3, 0.4) is 0 Å². The third-order valence-corrected chi connectivity index (χ3v) is 3.89. The quantitative estimate of drug-likeness (QED) is 0.500. The van der Waals surface area contributed by atoms with Gasteiger partial charge < -0.3 is 10.3 Å². The number of nitrogens with one attached hydrogen (secondary N) is 2. The number of anilines is 1. The lowest BCUT2D eigenvalue weighted by Crippen LogP contribution is -2.12. The Balaban J connectivity index is 0.000000791. The molecule has 0 saturated carbocycles. The van der Waals surface area contributed by atoms with Crippen molar-refractivity contribution in [3.8, 4) is 0 Å². The monoisotopic (exact) mass is 348 g/mol. The molecule has 0 saturated heterocycles. The first-order valence-corrected chi connectivity index (χ1v) is 9.46. The van der Waals surface area contributed by atoms with Crippen LogP contribution in [0.15, 0.2) is 73.4 Å². The fourth-order valence-electron chi connectivity index (χ4n) is 2.75. The molecule has 26 heavy (non-hydrogen) atoms. The second-order valence-corrected chi connectivity index (χ2v) is 5.34.